The summed E-state index contributed by atoms with van der Waals surface area (Å²) in [6, 6.07) is 56.5. The molecule has 0 amide bonds. The summed E-state index contributed by atoms with van der Waals surface area (Å²) in [6.45, 7) is 0. The number of fused-ring (bicyclic) bond motifs is 6. The van der Waals surface area contributed by atoms with Crippen molar-refractivity contribution in [2.75, 3.05) is 0 Å². The van der Waals surface area contributed by atoms with Crippen molar-refractivity contribution < 1.29 is 0 Å². The number of hydrogen-bond donors (Lipinski definition) is 0. The van der Waals surface area contributed by atoms with Crippen molar-refractivity contribution in [2.45, 2.75) is 0 Å². The molecule has 6 aromatic carbocycles. The van der Waals surface area contributed by atoms with Gasteiger partial charge in [-0.05, 0) is 77.9 Å². The van der Waals surface area contributed by atoms with E-state index >= 15 is 0 Å². The molecule has 0 aliphatic carbocycles. The minimum Gasteiger partial charge on any atom is -0.309 e. The van der Waals surface area contributed by atoms with Gasteiger partial charge in [0, 0.05) is 44.7 Å². The topological polar surface area (TPSA) is 22.8 Å². The minimum absolute atomic E-state index is 0.968. The van der Waals surface area contributed by atoms with Gasteiger partial charge in [-0.2, -0.15) is 0 Å². The monoisotopic (exact) mass is 561 g/mol. The van der Waals surface area contributed by atoms with E-state index in [0.717, 1.165) is 22.6 Å². The molecule has 206 valence electrons. The number of para-hydroxylation sites is 2. The van der Waals surface area contributed by atoms with Crippen LogP contribution in [0, 0.1) is 0 Å². The Morgan fingerprint density at radius 3 is 1.80 bits per heavy atom. The predicted molar refractivity (Wildman–Crippen MR) is 184 cm³/mol. The molecule has 0 N–H and O–H groups in total. The van der Waals surface area contributed by atoms with Gasteiger partial charge in [0.15, 0.2) is 0 Å². The maximum Gasteiger partial charge on any atom is 0.0702 e. The van der Waals surface area contributed by atoms with Crippen LogP contribution in [0.5, 0.6) is 0 Å². The van der Waals surface area contributed by atoms with Gasteiger partial charge in [0.05, 0.1) is 27.8 Å². The second kappa shape index (κ2) is 9.82. The Morgan fingerprint density at radius 1 is 0.341 bits per heavy atom. The molecule has 3 heterocycles. The van der Waals surface area contributed by atoms with E-state index in [1.165, 1.54) is 54.7 Å². The van der Waals surface area contributed by atoms with Gasteiger partial charge in [-0.1, -0.05) is 91.0 Å². The minimum atomic E-state index is 0.968. The largest absolute Gasteiger partial charge is 0.309 e. The molecule has 0 radical (unpaired) electrons. The van der Waals surface area contributed by atoms with Gasteiger partial charge >= 0.3 is 0 Å². The first-order valence-electron chi connectivity index (χ1n) is 15.0. The van der Waals surface area contributed by atoms with E-state index in [4.69, 9.17) is 0 Å². The van der Waals surface area contributed by atoms with Gasteiger partial charge in [0.2, 0.25) is 0 Å². The summed E-state index contributed by atoms with van der Waals surface area (Å²) < 4.78 is 4.81. The van der Waals surface area contributed by atoms with Crippen molar-refractivity contribution >= 4 is 43.6 Å². The normalized spacial score (nSPS) is 11.6. The van der Waals surface area contributed by atoms with Crippen molar-refractivity contribution in [3.63, 3.8) is 0 Å². The first kappa shape index (κ1) is 24.6. The quantitative estimate of drug-likeness (QED) is 0.210. The maximum atomic E-state index is 4.62. The number of benzene rings is 6. The number of rotatable bonds is 4. The van der Waals surface area contributed by atoms with Crippen LogP contribution in [-0.2, 0) is 0 Å². The average Bonchev–Trinajstić information content (AvgIpc) is 3.60. The molecule has 44 heavy (non-hydrogen) atoms. The number of nitrogens with zero attached hydrogens (tertiary/aromatic N) is 3. The van der Waals surface area contributed by atoms with Crippen molar-refractivity contribution in [1.82, 2.24) is 14.1 Å². The van der Waals surface area contributed by atoms with Gasteiger partial charge in [-0.25, -0.2) is 0 Å². The van der Waals surface area contributed by atoms with E-state index < -0.39 is 0 Å². The van der Waals surface area contributed by atoms with Crippen LogP contribution in [0.15, 0.2) is 164 Å². The summed E-state index contributed by atoms with van der Waals surface area (Å²) in [4.78, 5) is 4.62. The van der Waals surface area contributed by atoms with Crippen LogP contribution >= 0.6 is 0 Å². The summed E-state index contributed by atoms with van der Waals surface area (Å²) in [5.74, 6) is 0. The zero-order valence-corrected chi connectivity index (χ0v) is 23.9. The zero-order chi connectivity index (χ0) is 29.0. The molecule has 0 bridgehead atoms. The Kier molecular flexibility index (Phi) is 5.50. The van der Waals surface area contributed by atoms with Crippen molar-refractivity contribution in [3.8, 4) is 33.8 Å². The lowest BCUT2D eigenvalue weighted by Gasteiger charge is -2.11. The van der Waals surface area contributed by atoms with Gasteiger partial charge in [0.25, 0.3) is 0 Å². The molecule has 0 saturated heterocycles. The Balaban J connectivity index is 1.38. The van der Waals surface area contributed by atoms with Crippen molar-refractivity contribution in [2.24, 2.45) is 0 Å². The van der Waals surface area contributed by atoms with Crippen LogP contribution in [0.25, 0.3) is 77.4 Å². The highest BCUT2D eigenvalue weighted by Crippen LogP contribution is 2.41. The molecule has 0 spiro atoms. The highest BCUT2D eigenvalue weighted by molar-refractivity contribution is 6.19. The molecule has 3 heteroatoms. The molecular formula is C41H27N3. The molecule has 0 fully saturated rings. The van der Waals surface area contributed by atoms with Crippen LogP contribution < -0.4 is 0 Å². The van der Waals surface area contributed by atoms with E-state index in [2.05, 4.69) is 160 Å². The predicted octanol–water partition coefficient (Wildman–Crippen LogP) is 10.6. The van der Waals surface area contributed by atoms with Crippen molar-refractivity contribution in [3.05, 3.63) is 164 Å². The van der Waals surface area contributed by atoms with Crippen LogP contribution in [0.1, 0.15) is 0 Å². The summed E-state index contributed by atoms with van der Waals surface area (Å²) in [6.07, 6.45) is 1.85. The summed E-state index contributed by atoms with van der Waals surface area (Å²) in [5.41, 5.74) is 11.5. The average molecular weight is 562 g/mol. The summed E-state index contributed by atoms with van der Waals surface area (Å²) in [7, 11) is 0. The van der Waals surface area contributed by atoms with E-state index in [9.17, 15) is 0 Å². The van der Waals surface area contributed by atoms with E-state index in [1.807, 2.05) is 18.3 Å². The number of aromatic nitrogens is 3. The lowest BCUT2D eigenvalue weighted by Crippen LogP contribution is -1.96. The smallest absolute Gasteiger partial charge is 0.0702 e. The molecule has 0 atom stereocenters. The Bertz CT molecular complexity index is 2470. The van der Waals surface area contributed by atoms with E-state index in [1.54, 1.807) is 0 Å². The molecular weight excluding hydrogens is 534 g/mol. The first-order chi connectivity index (χ1) is 21.8. The molecule has 0 saturated carbocycles. The molecule has 3 aromatic heterocycles. The highest BCUT2D eigenvalue weighted by Gasteiger charge is 2.19. The third-order valence-electron chi connectivity index (χ3n) is 8.75. The third-order valence-corrected chi connectivity index (χ3v) is 8.75. The van der Waals surface area contributed by atoms with Gasteiger partial charge in [0.1, 0.15) is 0 Å². The lowest BCUT2D eigenvalue weighted by molar-refractivity contribution is 1.16. The number of hydrogen-bond acceptors (Lipinski definition) is 1. The maximum absolute atomic E-state index is 4.62. The fourth-order valence-electron chi connectivity index (χ4n) is 6.76. The lowest BCUT2D eigenvalue weighted by atomic mass is 10.0. The van der Waals surface area contributed by atoms with Gasteiger partial charge in [-0.3, -0.25) is 4.98 Å². The Morgan fingerprint density at radius 2 is 0.977 bits per heavy atom. The third kappa shape index (κ3) is 3.80. The molecule has 9 rings (SSSR count). The Hall–Kier alpha value is -5.93. The first-order valence-corrected chi connectivity index (χ1v) is 15.0. The summed E-state index contributed by atoms with van der Waals surface area (Å²) in [5, 5.41) is 4.99. The SMILES string of the molecule is c1ccc(-c2ccc3c(c2)c2cc4c5ccccc5n(-c5cccc(-c6ccccn6)c5)c4cc2n3-c2ccccc2)cc1. The van der Waals surface area contributed by atoms with Gasteiger partial charge < -0.3 is 9.13 Å². The fraction of sp³-hybridized carbons (Fsp3) is 0. The van der Waals surface area contributed by atoms with Crippen LogP contribution in [0.2, 0.25) is 0 Å². The molecule has 0 aliphatic rings. The molecule has 0 aliphatic heterocycles. The highest BCUT2D eigenvalue weighted by atomic mass is 15.0. The van der Waals surface area contributed by atoms with Crippen LogP contribution in [0.3, 0.4) is 0 Å². The number of pyridine rings is 1. The van der Waals surface area contributed by atoms with Gasteiger partial charge in [-0.15, -0.1) is 0 Å². The van der Waals surface area contributed by atoms with Crippen molar-refractivity contribution in [1.29, 1.82) is 0 Å². The van der Waals surface area contributed by atoms with Crippen LogP contribution in [-0.4, -0.2) is 14.1 Å². The van der Waals surface area contributed by atoms with E-state index in [0.29, 0.717) is 0 Å². The second-order valence-corrected chi connectivity index (χ2v) is 11.3. The van der Waals surface area contributed by atoms with Crippen LogP contribution in [0.4, 0.5) is 0 Å². The van der Waals surface area contributed by atoms with E-state index in [-0.39, 0.29) is 0 Å². The molecule has 9 aromatic rings. The molecule has 0 unspecified atom stereocenters. The standard InChI is InChI=1S/C41H27N3/c1-3-12-28(13-4-1)29-21-22-39-34(25-29)36-26-35-33-18-7-8-20-38(33)44(32-17-11-14-30(24-32)37-19-9-10-23-42-37)40(35)27-41(36)43(39)31-15-5-2-6-16-31/h1-27H. The second-order valence-electron chi connectivity index (χ2n) is 11.3. The fourth-order valence-corrected chi connectivity index (χ4v) is 6.76. The Labute approximate surface area is 254 Å². The molecule has 3 nitrogen and oxygen atoms in total. The zero-order valence-electron chi connectivity index (χ0n) is 23.9. The summed E-state index contributed by atoms with van der Waals surface area (Å²) >= 11 is 0.